The third kappa shape index (κ3) is 4.49. The molecule has 0 spiro atoms. The molecule has 0 aromatic heterocycles. The van der Waals surface area contributed by atoms with Crippen molar-refractivity contribution in [3.05, 3.63) is 72.3 Å². The number of benzene rings is 3. The molecule has 5 nitrogen and oxygen atoms in total. The molecule has 2 amide bonds. The average Bonchev–Trinajstić information content (AvgIpc) is 2.73. The van der Waals surface area contributed by atoms with Gasteiger partial charge in [-0.25, -0.2) is 0 Å². The van der Waals surface area contributed by atoms with Gasteiger partial charge in [-0.1, -0.05) is 49.4 Å². The summed E-state index contributed by atoms with van der Waals surface area (Å²) >= 11 is 0. The van der Waals surface area contributed by atoms with E-state index in [0.717, 1.165) is 17.2 Å². The fourth-order valence-electron chi connectivity index (χ4n) is 3.14. The highest BCUT2D eigenvalue weighted by atomic mass is 16.5. The molecule has 3 rings (SSSR count). The van der Waals surface area contributed by atoms with Crippen molar-refractivity contribution in [2.75, 3.05) is 25.5 Å². The number of hydrogen-bond acceptors (Lipinski definition) is 3. The molecule has 0 bridgehead atoms. The van der Waals surface area contributed by atoms with E-state index in [4.69, 9.17) is 4.74 Å². The second-order valence-electron chi connectivity index (χ2n) is 6.54. The molecular weight excluding hydrogens is 352 g/mol. The first kappa shape index (κ1) is 19.4. The largest absolute Gasteiger partial charge is 0.495 e. The quantitative estimate of drug-likeness (QED) is 0.667. The summed E-state index contributed by atoms with van der Waals surface area (Å²) in [7, 11) is 1.55. The van der Waals surface area contributed by atoms with E-state index in [-0.39, 0.29) is 18.4 Å². The minimum Gasteiger partial charge on any atom is -0.495 e. The van der Waals surface area contributed by atoms with Crippen molar-refractivity contribution >= 4 is 28.3 Å². The normalized spacial score (nSPS) is 10.5. The van der Waals surface area contributed by atoms with Crippen molar-refractivity contribution in [2.45, 2.75) is 13.3 Å². The van der Waals surface area contributed by atoms with E-state index in [2.05, 4.69) is 5.32 Å². The van der Waals surface area contributed by atoms with Gasteiger partial charge >= 0.3 is 0 Å². The predicted octanol–water partition coefficient (Wildman–Crippen LogP) is 4.34. The summed E-state index contributed by atoms with van der Waals surface area (Å²) in [6, 6.07) is 20.7. The molecule has 0 radical (unpaired) electrons. The molecule has 0 heterocycles. The van der Waals surface area contributed by atoms with Gasteiger partial charge in [-0.15, -0.1) is 0 Å². The van der Waals surface area contributed by atoms with Crippen LogP contribution in [0.25, 0.3) is 10.8 Å². The lowest BCUT2D eigenvalue weighted by Gasteiger charge is -2.22. The van der Waals surface area contributed by atoms with Crippen LogP contribution in [0.3, 0.4) is 0 Å². The summed E-state index contributed by atoms with van der Waals surface area (Å²) < 4.78 is 5.26. The summed E-state index contributed by atoms with van der Waals surface area (Å²) in [6.07, 6.45) is 0.765. The third-order valence-corrected chi connectivity index (χ3v) is 4.49. The molecule has 0 fully saturated rings. The number of carbonyl (C=O) groups excluding carboxylic acids is 2. The van der Waals surface area contributed by atoms with Gasteiger partial charge in [0.05, 0.1) is 12.8 Å². The van der Waals surface area contributed by atoms with Crippen LogP contribution in [0.4, 0.5) is 5.69 Å². The summed E-state index contributed by atoms with van der Waals surface area (Å²) in [6.45, 7) is 2.47. The first-order chi connectivity index (χ1) is 13.6. The second-order valence-corrected chi connectivity index (χ2v) is 6.54. The molecule has 28 heavy (non-hydrogen) atoms. The highest BCUT2D eigenvalue weighted by Crippen LogP contribution is 2.23. The minimum absolute atomic E-state index is 0.0163. The Balaban J connectivity index is 1.76. The lowest BCUT2D eigenvalue weighted by molar-refractivity contribution is -0.116. The minimum atomic E-state index is -0.257. The molecule has 0 aliphatic heterocycles. The van der Waals surface area contributed by atoms with Crippen LogP contribution >= 0.6 is 0 Å². The number of carbonyl (C=O) groups is 2. The summed E-state index contributed by atoms with van der Waals surface area (Å²) in [5.74, 6) is 0.175. The van der Waals surface area contributed by atoms with Gasteiger partial charge in [-0.2, -0.15) is 0 Å². The molecule has 0 saturated carbocycles. The Bertz CT molecular complexity index is 984. The Morgan fingerprint density at radius 2 is 1.68 bits per heavy atom. The number of methoxy groups -OCH3 is 1. The number of nitrogens with zero attached hydrogens (tertiary/aromatic N) is 1. The van der Waals surface area contributed by atoms with Crippen molar-refractivity contribution in [1.29, 1.82) is 0 Å². The van der Waals surface area contributed by atoms with Crippen molar-refractivity contribution in [1.82, 2.24) is 4.90 Å². The number of para-hydroxylation sites is 2. The van der Waals surface area contributed by atoms with Gasteiger partial charge in [0.1, 0.15) is 12.3 Å². The number of amides is 2. The van der Waals surface area contributed by atoms with Crippen LogP contribution in [0.1, 0.15) is 23.7 Å². The standard InChI is InChI=1S/C23H24N2O3/c1-3-14-25(16-22(26)24-20-10-6-7-11-21(20)28-2)23(27)19-13-12-17-8-4-5-9-18(17)15-19/h4-13,15H,3,14,16H2,1-2H3,(H,24,26). The van der Waals surface area contributed by atoms with Crippen molar-refractivity contribution < 1.29 is 14.3 Å². The van der Waals surface area contributed by atoms with Gasteiger partial charge in [0.15, 0.2) is 0 Å². The Morgan fingerprint density at radius 3 is 2.43 bits per heavy atom. The Hall–Kier alpha value is -3.34. The fraction of sp³-hybridized carbons (Fsp3) is 0.217. The zero-order valence-corrected chi connectivity index (χ0v) is 16.1. The third-order valence-electron chi connectivity index (χ3n) is 4.49. The van der Waals surface area contributed by atoms with E-state index in [0.29, 0.717) is 23.5 Å². The number of rotatable bonds is 7. The maximum Gasteiger partial charge on any atom is 0.254 e. The van der Waals surface area contributed by atoms with Crippen LogP contribution in [0, 0.1) is 0 Å². The van der Waals surface area contributed by atoms with E-state index in [1.165, 1.54) is 0 Å². The van der Waals surface area contributed by atoms with Gasteiger partial charge in [0, 0.05) is 12.1 Å². The molecule has 0 saturated heterocycles. The molecule has 0 aliphatic rings. The highest BCUT2D eigenvalue weighted by Gasteiger charge is 2.19. The summed E-state index contributed by atoms with van der Waals surface area (Å²) in [5.41, 5.74) is 1.17. The van der Waals surface area contributed by atoms with Gasteiger partial charge in [0.2, 0.25) is 5.91 Å². The SMILES string of the molecule is CCCN(CC(=O)Nc1ccccc1OC)C(=O)c1ccc2ccccc2c1. The monoisotopic (exact) mass is 376 g/mol. The van der Waals surface area contributed by atoms with E-state index in [1.54, 1.807) is 24.1 Å². The van der Waals surface area contributed by atoms with E-state index in [1.807, 2.05) is 61.5 Å². The summed E-state index contributed by atoms with van der Waals surface area (Å²) in [5, 5.41) is 4.91. The zero-order chi connectivity index (χ0) is 19.9. The number of anilines is 1. The molecule has 5 heteroatoms. The molecular formula is C23H24N2O3. The smallest absolute Gasteiger partial charge is 0.254 e. The van der Waals surface area contributed by atoms with Crippen molar-refractivity contribution in [3.8, 4) is 5.75 Å². The molecule has 1 N–H and O–H groups in total. The number of hydrogen-bond donors (Lipinski definition) is 1. The van der Waals surface area contributed by atoms with Gasteiger partial charge < -0.3 is 15.0 Å². The first-order valence-corrected chi connectivity index (χ1v) is 9.33. The summed E-state index contributed by atoms with van der Waals surface area (Å²) in [4.78, 5) is 27.1. The molecule has 0 atom stereocenters. The van der Waals surface area contributed by atoms with Crippen LogP contribution in [0.15, 0.2) is 66.7 Å². The van der Waals surface area contributed by atoms with Crippen LogP contribution in [0.5, 0.6) is 5.75 Å². The van der Waals surface area contributed by atoms with Gasteiger partial charge in [0.25, 0.3) is 5.91 Å². The molecule has 144 valence electrons. The Kier molecular flexibility index (Phi) is 6.27. The molecule has 3 aromatic rings. The van der Waals surface area contributed by atoms with Gasteiger partial charge in [-0.3, -0.25) is 9.59 Å². The van der Waals surface area contributed by atoms with E-state index >= 15 is 0 Å². The lowest BCUT2D eigenvalue weighted by Crippen LogP contribution is -2.38. The van der Waals surface area contributed by atoms with E-state index in [9.17, 15) is 9.59 Å². The maximum atomic E-state index is 13.0. The van der Waals surface area contributed by atoms with Crippen LogP contribution in [-0.2, 0) is 4.79 Å². The van der Waals surface area contributed by atoms with E-state index < -0.39 is 0 Å². The number of nitrogens with one attached hydrogen (secondary N) is 1. The fourth-order valence-corrected chi connectivity index (χ4v) is 3.14. The predicted molar refractivity (Wildman–Crippen MR) is 112 cm³/mol. The van der Waals surface area contributed by atoms with Crippen LogP contribution < -0.4 is 10.1 Å². The lowest BCUT2D eigenvalue weighted by atomic mass is 10.1. The topological polar surface area (TPSA) is 58.6 Å². The van der Waals surface area contributed by atoms with Gasteiger partial charge in [-0.05, 0) is 41.5 Å². The first-order valence-electron chi connectivity index (χ1n) is 9.33. The second kappa shape index (κ2) is 9.04. The van der Waals surface area contributed by atoms with Crippen molar-refractivity contribution in [3.63, 3.8) is 0 Å². The maximum absolute atomic E-state index is 13.0. The molecule has 3 aromatic carbocycles. The van der Waals surface area contributed by atoms with Crippen LogP contribution in [0.2, 0.25) is 0 Å². The molecule has 0 unspecified atom stereocenters. The highest BCUT2D eigenvalue weighted by molar-refractivity contribution is 6.02. The molecule has 0 aliphatic carbocycles. The van der Waals surface area contributed by atoms with Crippen molar-refractivity contribution in [2.24, 2.45) is 0 Å². The Morgan fingerprint density at radius 1 is 0.964 bits per heavy atom. The Labute approximate surface area is 164 Å². The van der Waals surface area contributed by atoms with Crippen LogP contribution in [-0.4, -0.2) is 36.9 Å². The average molecular weight is 376 g/mol. The number of ether oxygens (including phenoxy) is 1. The zero-order valence-electron chi connectivity index (χ0n) is 16.1. The number of fused-ring (bicyclic) bond motifs is 1.